The average molecular weight is 544 g/mol. The maximum absolute atomic E-state index is 12.7. The van der Waals surface area contributed by atoms with Gasteiger partial charge in [-0.05, 0) is 31.5 Å². The molecule has 0 aromatic heterocycles. The highest BCUT2D eigenvalue weighted by atomic mass is 127. The molecule has 0 spiro atoms. The monoisotopic (exact) mass is 544 g/mol. The minimum atomic E-state index is -2.95. The first kappa shape index (κ1) is 28.1. The summed E-state index contributed by atoms with van der Waals surface area (Å²) in [5.74, 6) is 0.767. The van der Waals surface area contributed by atoms with E-state index >= 15 is 0 Å². The molecule has 1 amide bonds. The Morgan fingerprint density at radius 1 is 1.27 bits per heavy atom. The molecular weight excluding hydrogens is 513 g/mol. The number of halogens is 3. The number of amides is 1. The summed E-state index contributed by atoms with van der Waals surface area (Å²) in [6, 6.07) is 4.53. The van der Waals surface area contributed by atoms with Crippen LogP contribution in [0.1, 0.15) is 18.9 Å². The molecule has 0 radical (unpaired) electrons. The van der Waals surface area contributed by atoms with Crippen molar-refractivity contribution in [3.8, 4) is 11.5 Å². The number of aliphatic imine (C=N–C) groups is 1. The van der Waals surface area contributed by atoms with Crippen molar-refractivity contribution in [1.82, 2.24) is 15.5 Å². The Hall–Kier alpha value is -1.89. The molecule has 0 unspecified atom stereocenters. The highest BCUT2D eigenvalue weighted by Gasteiger charge is 2.12. The number of benzene rings is 1. The number of nitrogens with one attached hydrogen (secondary N) is 2. The van der Waals surface area contributed by atoms with Gasteiger partial charge in [-0.3, -0.25) is 4.79 Å². The maximum Gasteiger partial charge on any atom is 0.387 e. The van der Waals surface area contributed by atoms with E-state index in [2.05, 4.69) is 20.4 Å². The second-order valence-corrected chi connectivity index (χ2v) is 6.14. The molecule has 30 heavy (non-hydrogen) atoms. The number of carbonyl (C=O) groups is 1. The van der Waals surface area contributed by atoms with Crippen molar-refractivity contribution in [1.29, 1.82) is 0 Å². The lowest BCUT2D eigenvalue weighted by Crippen LogP contribution is -2.43. The molecule has 0 saturated carbocycles. The van der Waals surface area contributed by atoms with Crippen LogP contribution in [0.4, 0.5) is 8.78 Å². The van der Waals surface area contributed by atoms with Crippen LogP contribution in [0.2, 0.25) is 0 Å². The van der Waals surface area contributed by atoms with E-state index in [1.807, 2.05) is 6.92 Å². The number of guanidine groups is 1. The lowest BCUT2D eigenvalue weighted by Gasteiger charge is -2.16. The van der Waals surface area contributed by atoms with Gasteiger partial charge < -0.3 is 29.7 Å². The average Bonchev–Trinajstić information content (AvgIpc) is 2.69. The molecule has 1 aromatic rings. The molecular formula is C19H31F2IN4O4. The Morgan fingerprint density at radius 3 is 2.60 bits per heavy atom. The SMILES string of the molecule is CCOCCCNC(=NCc1cc(OC)ccc1OC(F)F)NCC(=O)N(C)C.I. The number of alkyl halides is 2. The van der Waals surface area contributed by atoms with E-state index in [4.69, 9.17) is 9.47 Å². The van der Waals surface area contributed by atoms with Gasteiger partial charge in [-0.15, -0.1) is 24.0 Å². The van der Waals surface area contributed by atoms with E-state index in [0.29, 0.717) is 37.0 Å². The summed E-state index contributed by atoms with van der Waals surface area (Å²) in [4.78, 5) is 17.7. The molecule has 11 heteroatoms. The summed E-state index contributed by atoms with van der Waals surface area (Å²) >= 11 is 0. The van der Waals surface area contributed by atoms with Crippen LogP contribution in [0.15, 0.2) is 23.2 Å². The van der Waals surface area contributed by atoms with Crippen LogP contribution in [0.25, 0.3) is 0 Å². The van der Waals surface area contributed by atoms with Gasteiger partial charge >= 0.3 is 6.61 Å². The molecule has 0 fully saturated rings. The van der Waals surface area contributed by atoms with Crippen molar-refractivity contribution < 1.29 is 27.8 Å². The molecule has 1 rings (SSSR count). The summed E-state index contributed by atoms with van der Waals surface area (Å²) in [5, 5.41) is 6.04. The van der Waals surface area contributed by atoms with Crippen molar-refractivity contribution in [2.24, 2.45) is 4.99 Å². The molecule has 0 saturated heterocycles. The van der Waals surface area contributed by atoms with Crippen LogP contribution >= 0.6 is 24.0 Å². The largest absolute Gasteiger partial charge is 0.497 e. The number of likely N-dealkylation sites (N-methyl/N-ethyl adjacent to an activating group) is 1. The molecule has 0 aliphatic carbocycles. The maximum atomic E-state index is 12.7. The Morgan fingerprint density at radius 2 is 2.00 bits per heavy atom. The highest BCUT2D eigenvalue weighted by molar-refractivity contribution is 14.0. The molecule has 8 nitrogen and oxygen atoms in total. The lowest BCUT2D eigenvalue weighted by atomic mass is 10.2. The van der Waals surface area contributed by atoms with Crippen molar-refractivity contribution in [2.45, 2.75) is 26.5 Å². The van der Waals surface area contributed by atoms with Crippen LogP contribution in [0.5, 0.6) is 11.5 Å². The fraction of sp³-hybridized carbons (Fsp3) is 0.579. The minimum Gasteiger partial charge on any atom is -0.497 e. The van der Waals surface area contributed by atoms with Crippen molar-refractivity contribution in [2.75, 3.05) is 47.5 Å². The first-order chi connectivity index (χ1) is 13.9. The van der Waals surface area contributed by atoms with Gasteiger partial charge in [0.05, 0.1) is 20.2 Å². The number of hydrogen-bond acceptors (Lipinski definition) is 5. The van der Waals surface area contributed by atoms with Gasteiger partial charge in [0.1, 0.15) is 11.5 Å². The summed E-state index contributed by atoms with van der Waals surface area (Å²) < 4.78 is 40.3. The minimum absolute atomic E-state index is 0. The van der Waals surface area contributed by atoms with E-state index < -0.39 is 6.61 Å². The van der Waals surface area contributed by atoms with Gasteiger partial charge in [-0.2, -0.15) is 8.78 Å². The summed E-state index contributed by atoms with van der Waals surface area (Å²) in [7, 11) is 4.79. The third-order valence-corrected chi connectivity index (χ3v) is 3.76. The summed E-state index contributed by atoms with van der Waals surface area (Å²) in [5.41, 5.74) is 0.430. The number of carbonyl (C=O) groups excluding carboxylic acids is 1. The first-order valence-corrected chi connectivity index (χ1v) is 9.29. The van der Waals surface area contributed by atoms with Crippen molar-refractivity contribution in [3.63, 3.8) is 0 Å². The predicted octanol–water partition coefficient (Wildman–Crippen LogP) is 2.46. The molecule has 0 aliphatic rings. The van der Waals surface area contributed by atoms with Crippen molar-refractivity contribution >= 4 is 35.8 Å². The smallest absolute Gasteiger partial charge is 0.387 e. The first-order valence-electron chi connectivity index (χ1n) is 9.29. The van der Waals surface area contributed by atoms with E-state index in [1.54, 1.807) is 20.2 Å². The lowest BCUT2D eigenvalue weighted by molar-refractivity contribution is -0.127. The number of rotatable bonds is 12. The van der Waals surface area contributed by atoms with Gasteiger partial charge in [0.15, 0.2) is 5.96 Å². The van der Waals surface area contributed by atoms with E-state index in [1.165, 1.54) is 24.1 Å². The van der Waals surface area contributed by atoms with Crippen molar-refractivity contribution in [3.05, 3.63) is 23.8 Å². The molecule has 0 bridgehead atoms. The molecule has 172 valence electrons. The zero-order valence-corrected chi connectivity index (χ0v) is 20.1. The number of ether oxygens (including phenoxy) is 3. The third kappa shape index (κ3) is 11.3. The Bertz CT molecular complexity index is 663. The van der Waals surface area contributed by atoms with Gasteiger partial charge in [0.2, 0.25) is 5.91 Å². The normalized spacial score (nSPS) is 11.0. The summed E-state index contributed by atoms with van der Waals surface area (Å²) in [6.07, 6.45) is 0.745. The molecule has 2 N–H and O–H groups in total. The third-order valence-electron chi connectivity index (χ3n) is 3.76. The number of hydrogen-bond donors (Lipinski definition) is 2. The molecule has 0 aliphatic heterocycles. The Kier molecular flexibility index (Phi) is 14.9. The van der Waals surface area contributed by atoms with Crippen LogP contribution in [0.3, 0.4) is 0 Å². The fourth-order valence-corrected chi connectivity index (χ4v) is 2.20. The van der Waals surface area contributed by atoms with Crippen LogP contribution in [0, 0.1) is 0 Å². The topological polar surface area (TPSA) is 84.4 Å². The number of methoxy groups -OCH3 is 1. The zero-order valence-electron chi connectivity index (χ0n) is 17.7. The highest BCUT2D eigenvalue weighted by Crippen LogP contribution is 2.26. The van der Waals surface area contributed by atoms with Gasteiger partial charge in [-0.25, -0.2) is 4.99 Å². The molecule has 0 heterocycles. The standard InChI is InChI=1S/C19H30F2N4O4.HI/c1-5-28-10-6-9-22-19(24-13-17(26)25(2)3)23-12-14-11-15(27-4)7-8-16(14)29-18(20)21;/h7-8,11,18H,5-6,9-10,12-13H2,1-4H3,(H2,22,23,24);1H. The second-order valence-electron chi connectivity index (χ2n) is 6.14. The predicted molar refractivity (Wildman–Crippen MR) is 122 cm³/mol. The Balaban J connectivity index is 0.00000841. The van der Waals surface area contributed by atoms with E-state index in [-0.39, 0.29) is 48.7 Å². The summed E-state index contributed by atoms with van der Waals surface area (Å²) in [6.45, 7) is 0.870. The zero-order chi connectivity index (χ0) is 21.6. The quantitative estimate of drug-likeness (QED) is 0.182. The van der Waals surface area contributed by atoms with E-state index in [9.17, 15) is 13.6 Å². The fourth-order valence-electron chi connectivity index (χ4n) is 2.20. The van der Waals surface area contributed by atoms with E-state index in [0.717, 1.165) is 6.42 Å². The van der Waals surface area contributed by atoms with Gasteiger partial charge in [0.25, 0.3) is 0 Å². The van der Waals surface area contributed by atoms with Crippen LogP contribution in [-0.4, -0.2) is 70.9 Å². The van der Waals surface area contributed by atoms with Gasteiger partial charge in [-0.1, -0.05) is 0 Å². The Labute approximate surface area is 193 Å². The molecule has 1 aromatic carbocycles. The molecule has 0 atom stereocenters. The van der Waals surface area contributed by atoms with Crippen LogP contribution < -0.4 is 20.1 Å². The second kappa shape index (κ2) is 15.9. The number of nitrogens with zero attached hydrogens (tertiary/aromatic N) is 2. The van der Waals surface area contributed by atoms with Gasteiger partial charge in [0, 0.05) is 39.4 Å². The van der Waals surface area contributed by atoms with Crippen LogP contribution in [-0.2, 0) is 16.1 Å².